The fourth-order valence-corrected chi connectivity index (χ4v) is 3.38. The van der Waals surface area contributed by atoms with Crippen LogP contribution < -0.4 is 5.32 Å². The second kappa shape index (κ2) is 5.08. The SMILES string of the molecule is Oc1ccc(Cl)cc1CN1CC2CCCNC2C1. The third kappa shape index (κ3) is 2.48. The van der Waals surface area contributed by atoms with Crippen molar-refractivity contribution < 1.29 is 5.11 Å². The first-order chi connectivity index (χ1) is 8.72. The van der Waals surface area contributed by atoms with Crippen LogP contribution in [-0.4, -0.2) is 35.7 Å². The Balaban J connectivity index is 1.68. The van der Waals surface area contributed by atoms with E-state index < -0.39 is 0 Å². The number of hydrogen-bond donors (Lipinski definition) is 2. The van der Waals surface area contributed by atoms with Gasteiger partial charge in [-0.15, -0.1) is 0 Å². The van der Waals surface area contributed by atoms with Crippen LogP contribution in [0.4, 0.5) is 0 Å². The van der Waals surface area contributed by atoms with E-state index in [2.05, 4.69) is 10.2 Å². The monoisotopic (exact) mass is 266 g/mol. The number of likely N-dealkylation sites (tertiary alicyclic amines) is 1. The standard InChI is InChI=1S/C14H19ClN2O/c15-12-3-4-14(18)11(6-12)8-17-7-10-2-1-5-16-13(10)9-17/h3-4,6,10,13,16,18H,1-2,5,7-9H2. The van der Waals surface area contributed by atoms with Crippen LogP contribution in [0, 0.1) is 5.92 Å². The van der Waals surface area contributed by atoms with Crippen LogP contribution in [0.25, 0.3) is 0 Å². The second-order valence-electron chi connectivity index (χ2n) is 5.43. The van der Waals surface area contributed by atoms with Crippen molar-refractivity contribution in [3.05, 3.63) is 28.8 Å². The molecule has 2 unspecified atom stereocenters. The summed E-state index contributed by atoms with van der Waals surface area (Å²) in [6.45, 7) is 4.15. The molecule has 3 rings (SSSR count). The molecule has 0 saturated carbocycles. The Bertz CT molecular complexity index is 424. The molecule has 0 aromatic heterocycles. The smallest absolute Gasteiger partial charge is 0.120 e. The Kier molecular flexibility index (Phi) is 3.46. The van der Waals surface area contributed by atoms with Gasteiger partial charge in [0.15, 0.2) is 0 Å². The van der Waals surface area contributed by atoms with Gasteiger partial charge < -0.3 is 10.4 Å². The summed E-state index contributed by atoms with van der Waals surface area (Å²) in [7, 11) is 0. The molecule has 0 radical (unpaired) electrons. The number of nitrogens with one attached hydrogen (secondary N) is 1. The van der Waals surface area contributed by atoms with Crippen LogP contribution in [-0.2, 0) is 6.54 Å². The van der Waals surface area contributed by atoms with E-state index in [1.54, 1.807) is 12.1 Å². The Labute approximate surface area is 113 Å². The lowest BCUT2D eigenvalue weighted by Crippen LogP contribution is -2.40. The van der Waals surface area contributed by atoms with E-state index in [1.807, 2.05) is 6.07 Å². The highest BCUT2D eigenvalue weighted by Gasteiger charge is 2.34. The number of fused-ring (bicyclic) bond motifs is 1. The lowest BCUT2D eigenvalue weighted by atomic mass is 9.94. The minimum atomic E-state index is 0.349. The van der Waals surface area contributed by atoms with Gasteiger partial charge in [-0.1, -0.05) is 11.6 Å². The molecule has 4 heteroatoms. The third-order valence-electron chi connectivity index (χ3n) is 4.11. The van der Waals surface area contributed by atoms with Crippen molar-refractivity contribution in [2.45, 2.75) is 25.4 Å². The molecule has 0 aliphatic carbocycles. The minimum Gasteiger partial charge on any atom is -0.508 e. The molecule has 2 saturated heterocycles. The van der Waals surface area contributed by atoms with E-state index in [1.165, 1.54) is 12.8 Å². The van der Waals surface area contributed by atoms with Crippen molar-refractivity contribution in [1.29, 1.82) is 0 Å². The van der Waals surface area contributed by atoms with E-state index >= 15 is 0 Å². The fraction of sp³-hybridized carbons (Fsp3) is 0.571. The number of halogens is 1. The van der Waals surface area contributed by atoms with Gasteiger partial charge in [0.2, 0.25) is 0 Å². The number of aromatic hydroxyl groups is 1. The van der Waals surface area contributed by atoms with Crippen LogP contribution in [0.15, 0.2) is 18.2 Å². The minimum absolute atomic E-state index is 0.349. The molecule has 0 spiro atoms. The largest absolute Gasteiger partial charge is 0.508 e. The molecule has 2 heterocycles. The molecule has 1 aromatic carbocycles. The van der Waals surface area contributed by atoms with E-state index in [-0.39, 0.29) is 0 Å². The summed E-state index contributed by atoms with van der Waals surface area (Å²) >= 11 is 5.98. The number of hydrogen-bond acceptors (Lipinski definition) is 3. The highest BCUT2D eigenvalue weighted by atomic mass is 35.5. The summed E-state index contributed by atoms with van der Waals surface area (Å²) in [6.07, 6.45) is 2.62. The highest BCUT2D eigenvalue weighted by Crippen LogP contribution is 2.28. The molecule has 3 nitrogen and oxygen atoms in total. The van der Waals surface area contributed by atoms with Gasteiger partial charge in [-0.3, -0.25) is 4.90 Å². The van der Waals surface area contributed by atoms with Gasteiger partial charge >= 0.3 is 0 Å². The Morgan fingerprint density at radius 3 is 3.11 bits per heavy atom. The van der Waals surface area contributed by atoms with Crippen LogP contribution in [0.5, 0.6) is 5.75 Å². The zero-order chi connectivity index (χ0) is 12.5. The van der Waals surface area contributed by atoms with E-state index in [9.17, 15) is 5.11 Å². The molecule has 2 aliphatic rings. The van der Waals surface area contributed by atoms with Gasteiger partial charge in [-0.05, 0) is 43.5 Å². The fourth-order valence-electron chi connectivity index (χ4n) is 3.19. The van der Waals surface area contributed by atoms with Crippen LogP contribution in [0.1, 0.15) is 18.4 Å². The average molecular weight is 267 g/mol. The Morgan fingerprint density at radius 2 is 2.28 bits per heavy atom. The molecular formula is C14H19ClN2O. The Morgan fingerprint density at radius 1 is 1.39 bits per heavy atom. The van der Waals surface area contributed by atoms with Crippen molar-refractivity contribution in [2.24, 2.45) is 5.92 Å². The number of benzene rings is 1. The summed E-state index contributed by atoms with van der Waals surface area (Å²) in [6, 6.07) is 5.91. The lowest BCUT2D eigenvalue weighted by molar-refractivity contribution is 0.307. The number of phenols is 1. The van der Waals surface area contributed by atoms with E-state index in [0.29, 0.717) is 16.8 Å². The molecule has 1 aromatic rings. The predicted octanol–water partition coefficient (Wildman–Crippen LogP) is 2.23. The Hall–Kier alpha value is -0.770. The molecule has 98 valence electrons. The lowest BCUT2D eigenvalue weighted by Gasteiger charge is -2.24. The van der Waals surface area contributed by atoms with Gasteiger partial charge in [-0.25, -0.2) is 0 Å². The summed E-state index contributed by atoms with van der Waals surface area (Å²) in [5.74, 6) is 1.13. The first kappa shape index (κ1) is 12.3. The van der Waals surface area contributed by atoms with Gasteiger partial charge in [0.25, 0.3) is 0 Å². The molecular weight excluding hydrogens is 248 g/mol. The maximum atomic E-state index is 9.85. The molecule has 2 aliphatic heterocycles. The number of nitrogens with zero attached hydrogens (tertiary/aromatic N) is 1. The molecule has 0 bridgehead atoms. The first-order valence-electron chi connectivity index (χ1n) is 6.65. The van der Waals surface area contributed by atoms with Crippen LogP contribution >= 0.6 is 11.6 Å². The molecule has 18 heavy (non-hydrogen) atoms. The second-order valence-corrected chi connectivity index (χ2v) is 5.87. The van der Waals surface area contributed by atoms with Crippen molar-refractivity contribution in [3.63, 3.8) is 0 Å². The zero-order valence-electron chi connectivity index (χ0n) is 10.4. The molecule has 0 amide bonds. The van der Waals surface area contributed by atoms with E-state index in [0.717, 1.165) is 37.7 Å². The van der Waals surface area contributed by atoms with Gasteiger partial charge in [-0.2, -0.15) is 0 Å². The maximum absolute atomic E-state index is 9.85. The number of rotatable bonds is 2. The summed E-state index contributed by atoms with van der Waals surface area (Å²) in [5.41, 5.74) is 0.932. The number of phenolic OH excluding ortho intramolecular Hbond substituents is 1. The van der Waals surface area contributed by atoms with Crippen molar-refractivity contribution in [1.82, 2.24) is 10.2 Å². The quantitative estimate of drug-likeness (QED) is 0.862. The normalized spacial score (nSPS) is 28.3. The zero-order valence-corrected chi connectivity index (χ0v) is 11.2. The van der Waals surface area contributed by atoms with E-state index in [4.69, 9.17) is 11.6 Å². The topological polar surface area (TPSA) is 35.5 Å². The highest BCUT2D eigenvalue weighted by molar-refractivity contribution is 6.30. The summed E-state index contributed by atoms with van der Waals surface area (Å²) < 4.78 is 0. The van der Waals surface area contributed by atoms with Crippen molar-refractivity contribution in [2.75, 3.05) is 19.6 Å². The van der Waals surface area contributed by atoms with Gasteiger partial charge in [0.05, 0.1) is 0 Å². The predicted molar refractivity (Wildman–Crippen MR) is 72.9 cm³/mol. The van der Waals surface area contributed by atoms with Crippen LogP contribution in [0.3, 0.4) is 0 Å². The van der Waals surface area contributed by atoms with Crippen molar-refractivity contribution >= 4 is 11.6 Å². The molecule has 2 N–H and O–H groups in total. The number of piperidine rings is 1. The molecule has 2 atom stereocenters. The van der Waals surface area contributed by atoms with Gasteiger partial charge in [0.1, 0.15) is 5.75 Å². The first-order valence-corrected chi connectivity index (χ1v) is 7.03. The van der Waals surface area contributed by atoms with Crippen LogP contribution in [0.2, 0.25) is 5.02 Å². The van der Waals surface area contributed by atoms with Crippen molar-refractivity contribution in [3.8, 4) is 5.75 Å². The maximum Gasteiger partial charge on any atom is 0.120 e. The third-order valence-corrected chi connectivity index (χ3v) is 4.35. The summed E-state index contributed by atoms with van der Waals surface area (Å²) in [5, 5.41) is 14.1. The average Bonchev–Trinajstić information content (AvgIpc) is 2.76. The van der Waals surface area contributed by atoms with Gasteiger partial charge in [0, 0.05) is 36.3 Å². The summed E-state index contributed by atoms with van der Waals surface area (Å²) in [4.78, 5) is 2.42. The molecule has 2 fully saturated rings.